The highest BCUT2D eigenvalue weighted by molar-refractivity contribution is 6.04. The summed E-state index contributed by atoms with van der Waals surface area (Å²) in [7, 11) is 2.06. The summed E-state index contributed by atoms with van der Waals surface area (Å²) in [6.45, 7) is 4.00. The molecule has 0 aromatic heterocycles. The Labute approximate surface area is 132 Å². The number of likely N-dealkylation sites (N-methyl/N-ethyl adjacent to an activating group) is 1. The fourth-order valence-electron chi connectivity index (χ4n) is 2.84. The van der Waals surface area contributed by atoms with Gasteiger partial charge < -0.3 is 14.7 Å². The summed E-state index contributed by atoms with van der Waals surface area (Å²) in [6.07, 6.45) is -2.78. The molecule has 1 aromatic carbocycles. The van der Waals surface area contributed by atoms with Crippen LogP contribution >= 0.6 is 0 Å². The molecular weight excluding hydrogens is 307 g/mol. The summed E-state index contributed by atoms with van der Waals surface area (Å²) in [5.41, 5.74) is 0.714. The number of carbonyl (C=O) groups is 1. The maximum Gasteiger partial charge on any atom is 0.416 e. The molecular formula is C16H18F3N3O. The van der Waals surface area contributed by atoms with Crippen LogP contribution < -0.4 is 4.90 Å². The Hall–Kier alpha value is -2.02. The second-order valence-corrected chi connectivity index (χ2v) is 5.90. The highest BCUT2D eigenvalue weighted by atomic mass is 19.4. The van der Waals surface area contributed by atoms with Crippen LogP contribution in [0.3, 0.4) is 0 Å². The van der Waals surface area contributed by atoms with E-state index in [1.54, 1.807) is 6.08 Å². The molecule has 1 amide bonds. The normalized spacial score (nSPS) is 20.2. The summed E-state index contributed by atoms with van der Waals surface area (Å²) in [5, 5.41) is 0. The molecule has 0 saturated carbocycles. The van der Waals surface area contributed by atoms with Gasteiger partial charge in [0.05, 0.1) is 12.1 Å². The van der Waals surface area contributed by atoms with E-state index in [1.807, 2.05) is 0 Å². The molecule has 2 aliphatic rings. The van der Waals surface area contributed by atoms with Crippen LogP contribution in [0.4, 0.5) is 18.9 Å². The summed E-state index contributed by atoms with van der Waals surface area (Å²) < 4.78 is 37.8. The van der Waals surface area contributed by atoms with Crippen molar-refractivity contribution in [2.24, 2.45) is 0 Å². The molecule has 0 bridgehead atoms. The highest BCUT2D eigenvalue weighted by Gasteiger charge is 2.31. The first-order valence-corrected chi connectivity index (χ1v) is 7.47. The van der Waals surface area contributed by atoms with Gasteiger partial charge in [-0.2, -0.15) is 13.2 Å². The summed E-state index contributed by atoms with van der Waals surface area (Å²) in [5.74, 6) is -0.182. The number of benzene rings is 1. The van der Waals surface area contributed by atoms with Gasteiger partial charge in [-0.15, -0.1) is 0 Å². The molecule has 0 spiro atoms. The topological polar surface area (TPSA) is 26.8 Å². The summed E-state index contributed by atoms with van der Waals surface area (Å²) in [6, 6.07) is 4.72. The van der Waals surface area contributed by atoms with Gasteiger partial charge in [0, 0.05) is 43.6 Å². The van der Waals surface area contributed by atoms with Gasteiger partial charge in [0.1, 0.15) is 0 Å². The van der Waals surface area contributed by atoms with Crippen LogP contribution in [-0.2, 0) is 11.0 Å². The van der Waals surface area contributed by atoms with E-state index in [9.17, 15) is 18.0 Å². The van der Waals surface area contributed by atoms with Crippen molar-refractivity contribution in [1.82, 2.24) is 9.80 Å². The second kappa shape index (κ2) is 5.88. The number of rotatable bonds is 2. The van der Waals surface area contributed by atoms with E-state index < -0.39 is 11.7 Å². The number of hydrogen-bond donors (Lipinski definition) is 0. The molecule has 1 aromatic rings. The van der Waals surface area contributed by atoms with E-state index in [2.05, 4.69) is 16.8 Å². The minimum absolute atomic E-state index is 0.182. The number of alkyl halides is 3. The molecule has 3 rings (SSSR count). The lowest BCUT2D eigenvalue weighted by Gasteiger charge is -2.35. The van der Waals surface area contributed by atoms with E-state index in [1.165, 1.54) is 17.0 Å². The maximum atomic E-state index is 12.6. The molecule has 1 fully saturated rings. The van der Waals surface area contributed by atoms with Gasteiger partial charge in [0.15, 0.2) is 0 Å². The lowest BCUT2D eigenvalue weighted by Crippen LogP contribution is -2.44. The third-order valence-corrected chi connectivity index (χ3v) is 4.29. The van der Waals surface area contributed by atoms with Crippen molar-refractivity contribution in [3.8, 4) is 0 Å². The zero-order chi connectivity index (χ0) is 16.6. The fourth-order valence-corrected chi connectivity index (χ4v) is 2.84. The molecule has 2 heterocycles. The largest absolute Gasteiger partial charge is 0.416 e. The summed E-state index contributed by atoms with van der Waals surface area (Å²) >= 11 is 0. The fraction of sp³-hybridized carbons (Fsp3) is 0.438. The van der Waals surface area contributed by atoms with E-state index >= 15 is 0 Å². The first kappa shape index (κ1) is 15.9. The Morgan fingerprint density at radius 3 is 2.17 bits per heavy atom. The van der Waals surface area contributed by atoms with Crippen molar-refractivity contribution in [1.29, 1.82) is 0 Å². The maximum absolute atomic E-state index is 12.6. The van der Waals surface area contributed by atoms with Crippen LogP contribution in [0.15, 0.2) is 36.0 Å². The van der Waals surface area contributed by atoms with Crippen molar-refractivity contribution < 1.29 is 18.0 Å². The summed E-state index contributed by atoms with van der Waals surface area (Å²) in [4.78, 5) is 18.1. The number of hydrogen-bond acceptors (Lipinski definition) is 3. The van der Waals surface area contributed by atoms with Gasteiger partial charge in [-0.3, -0.25) is 4.79 Å². The predicted molar refractivity (Wildman–Crippen MR) is 81.0 cm³/mol. The van der Waals surface area contributed by atoms with Crippen molar-refractivity contribution in [2.75, 3.05) is 44.7 Å². The Morgan fingerprint density at radius 1 is 1.00 bits per heavy atom. The SMILES string of the molecule is CN1CCN(C2=CC(=O)N(c3ccc(C(F)(F)F)cc3)C2)CC1. The van der Waals surface area contributed by atoms with Gasteiger partial charge in [-0.05, 0) is 31.3 Å². The lowest BCUT2D eigenvalue weighted by atomic mass is 10.2. The molecule has 124 valence electrons. The van der Waals surface area contributed by atoms with E-state index in [0.29, 0.717) is 12.2 Å². The predicted octanol–water partition coefficient (Wildman–Crippen LogP) is 2.18. The number of piperazine rings is 1. The number of amides is 1. The molecule has 0 atom stereocenters. The monoisotopic (exact) mass is 325 g/mol. The average Bonchev–Trinajstić information content (AvgIpc) is 2.89. The zero-order valence-electron chi connectivity index (χ0n) is 12.8. The average molecular weight is 325 g/mol. The number of nitrogens with zero attached hydrogens (tertiary/aromatic N) is 3. The first-order valence-electron chi connectivity index (χ1n) is 7.47. The molecule has 4 nitrogen and oxygen atoms in total. The smallest absolute Gasteiger partial charge is 0.371 e. The van der Waals surface area contributed by atoms with E-state index in [-0.39, 0.29) is 5.91 Å². The third kappa shape index (κ3) is 3.34. The number of carbonyl (C=O) groups excluding carboxylic acids is 1. The van der Waals surface area contributed by atoms with Crippen LogP contribution in [0.5, 0.6) is 0 Å². The molecule has 1 saturated heterocycles. The van der Waals surface area contributed by atoms with Gasteiger partial charge in [-0.25, -0.2) is 0 Å². The number of halogens is 3. The standard InChI is InChI=1S/C16H18F3N3O/c1-20-6-8-21(9-7-20)14-10-15(23)22(11-14)13-4-2-12(3-5-13)16(17,18)19/h2-5,10H,6-9,11H2,1H3. The molecule has 0 N–H and O–H groups in total. The Morgan fingerprint density at radius 2 is 1.61 bits per heavy atom. The van der Waals surface area contributed by atoms with Gasteiger partial charge in [0.2, 0.25) is 0 Å². The Balaban J connectivity index is 1.70. The Bertz CT molecular complexity index is 616. The minimum Gasteiger partial charge on any atom is -0.371 e. The zero-order valence-corrected chi connectivity index (χ0v) is 12.8. The molecule has 0 radical (unpaired) electrons. The van der Waals surface area contributed by atoms with Crippen molar-refractivity contribution in [3.63, 3.8) is 0 Å². The van der Waals surface area contributed by atoms with Crippen LogP contribution in [0.25, 0.3) is 0 Å². The van der Waals surface area contributed by atoms with E-state index in [0.717, 1.165) is 44.0 Å². The third-order valence-electron chi connectivity index (χ3n) is 4.29. The lowest BCUT2D eigenvalue weighted by molar-refractivity contribution is -0.137. The highest BCUT2D eigenvalue weighted by Crippen LogP contribution is 2.31. The van der Waals surface area contributed by atoms with Gasteiger partial charge in [-0.1, -0.05) is 0 Å². The Kier molecular flexibility index (Phi) is 4.06. The van der Waals surface area contributed by atoms with Crippen molar-refractivity contribution in [2.45, 2.75) is 6.18 Å². The van der Waals surface area contributed by atoms with Crippen LogP contribution in [-0.4, -0.2) is 55.5 Å². The van der Waals surface area contributed by atoms with Crippen LogP contribution in [0.2, 0.25) is 0 Å². The van der Waals surface area contributed by atoms with E-state index in [4.69, 9.17) is 0 Å². The van der Waals surface area contributed by atoms with Crippen LogP contribution in [0.1, 0.15) is 5.56 Å². The minimum atomic E-state index is -4.36. The van der Waals surface area contributed by atoms with Gasteiger partial charge >= 0.3 is 6.18 Å². The molecule has 23 heavy (non-hydrogen) atoms. The second-order valence-electron chi connectivity index (χ2n) is 5.90. The number of anilines is 1. The molecule has 0 aliphatic carbocycles. The molecule has 0 unspecified atom stereocenters. The van der Waals surface area contributed by atoms with Crippen molar-refractivity contribution >= 4 is 11.6 Å². The first-order chi connectivity index (χ1) is 10.8. The van der Waals surface area contributed by atoms with Crippen molar-refractivity contribution in [3.05, 3.63) is 41.6 Å². The molecule has 2 aliphatic heterocycles. The van der Waals surface area contributed by atoms with Crippen LogP contribution in [0, 0.1) is 0 Å². The van der Waals surface area contributed by atoms with Gasteiger partial charge in [0.25, 0.3) is 5.91 Å². The quantitative estimate of drug-likeness (QED) is 0.834. The molecule has 7 heteroatoms.